The van der Waals surface area contributed by atoms with Crippen LogP contribution in [-0.4, -0.2) is 35.5 Å². The van der Waals surface area contributed by atoms with E-state index in [9.17, 15) is 5.11 Å². The lowest BCUT2D eigenvalue weighted by atomic mass is 10.0. The van der Waals surface area contributed by atoms with Crippen molar-refractivity contribution in [2.75, 3.05) is 19.7 Å². The average molecular weight is 186 g/mol. The van der Waals surface area contributed by atoms with E-state index in [1.165, 1.54) is 0 Å². The van der Waals surface area contributed by atoms with E-state index in [-0.39, 0.29) is 26.1 Å². The highest BCUT2D eigenvalue weighted by molar-refractivity contribution is 4.83. The Labute approximate surface area is 74.1 Å². The van der Waals surface area contributed by atoms with Gasteiger partial charge in [0.15, 0.2) is 0 Å². The van der Waals surface area contributed by atoms with Gasteiger partial charge in [0.1, 0.15) is 0 Å². The second-order valence-electron chi connectivity index (χ2n) is 2.48. The summed E-state index contributed by atoms with van der Waals surface area (Å²) in [6.07, 6.45) is 0.00500. The average Bonchev–Trinajstić information content (AvgIpc) is 2.12. The van der Waals surface area contributed by atoms with Crippen LogP contribution in [0.2, 0.25) is 0 Å². The Morgan fingerprint density at radius 2 is 1.62 bits per heavy atom. The molecule has 0 aliphatic heterocycles. The van der Waals surface area contributed by atoms with Crippen LogP contribution < -0.4 is 0 Å². The van der Waals surface area contributed by atoms with Crippen LogP contribution in [0.15, 0.2) is 10.2 Å². The molecule has 72 valence electrons. The van der Waals surface area contributed by atoms with Crippen LogP contribution in [0.25, 0.3) is 20.9 Å². The smallest absolute Gasteiger partial charge is 0.0782 e. The van der Waals surface area contributed by atoms with E-state index in [2.05, 4.69) is 20.1 Å². The fourth-order valence-corrected chi connectivity index (χ4v) is 0.743. The van der Waals surface area contributed by atoms with Crippen molar-refractivity contribution in [3.05, 3.63) is 20.9 Å². The van der Waals surface area contributed by atoms with Gasteiger partial charge in [-0.3, -0.25) is 0 Å². The second-order valence-corrected chi connectivity index (χ2v) is 2.48. The third kappa shape index (κ3) is 4.89. The summed E-state index contributed by atoms with van der Waals surface area (Å²) >= 11 is 0. The first-order valence-electron chi connectivity index (χ1n) is 3.53. The Kier molecular flexibility index (Phi) is 5.42. The van der Waals surface area contributed by atoms with Crippen molar-refractivity contribution in [2.45, 2.75) is 12.0 Å². The summed E-state index contributed by atoms with van der Waals surface area (Å²) in [4.78, 5) is 4.92. The zero-order valence-corrected chi connectivity index (χ0v) is 6.91. The molecule has 0 rings (SSSR count). The van der Waals surface area contributed by atoms with Crippen LogP contribution in [0, 0.1) is 0 Å². The minimum Gasteiger partial charge on any atom is -0.396 e. The summed E-state index contributed by atoms with van der Waals surface area (Å²) in [5.41, 5.74) is 14.6. The third-order valence-corrected chi connectivity index (χ3v) is 1.43. The Balaban J connectivity index is 4.30. The number of hydrogen-bond acceptors (Lipinski definition) is 4. The van der Waals surface area contributed by atoms with Crippen LogP contribution in [0.3, 0.4) is 0 Å². The number of nitrogens with zero attached hydrogens (tertiary/aromatic N) is 6. The van der Waals surface area contributed by atoms with Crippen LogP contribution >= 0.6 is 0 Å². The molecule has 0 aliphatic rings. The van der Waals surface area contributed by atoms with Gasteiger partial charge in [0.2, 0.25) is 0 Å². The molecular weight excluding hydrogens is 176 g/mol. The number of rotatable bonds is 6. The molecule has 8 heteroatoms. The van der Waals surface area contributed by atoms with Gasteiger partial charge in [0.05, 0.1) is 18.7 Å². The van der Waals surface area contributed by atoms with Gasteiger partial charge in [-0.15, -0.1) is 0 Å². The molecule has 0 aliphatic carbocycles. The van der Waals surface area contributed by atoms with Gasteiger partial charge in [-0.1, -0.05) is 10.2 Å². The molecule has 0 bridgehead atoms. The van der Waals surface area contributed by atoms with E-state index >= 15 is 0 Å². The zero-order chi connectivity index (χ0) is 10.2. The molecule has 0 aromatic rings. The van der Waals surface area contributed by atoms with Crippen LogP contribution in [0.1, 0.15) is 6.42 Å². The topological polar surface area (TPSA) is 138 Å². The SMILES string of the molecule is [N-]=[N+]=NCC(O)(CCO)CN=[N+]=[N-]. The Bertz CT molecular complexity index is 221. The van der Waals surface area contributed by atoms with E-state index in [4.69, 9.17) is 16.2 Å². The first kappa shape index (κ1) is 11.5. The van der Waals surface area contributed by atoms with Gasteiger partial charge < -0.3 is 10.2 Å². The third-order valence-electron chi connectivity index (χ3n) is 1.43. The zero-order valence-electron chi connectivity index (χ0n) is 6.91. The predicted molar refractivity (Wildman–Crippen MR) is 44.7 cm³/mol. The maximum atomic E-state index is 9.58. The fraction of sp³-hybridized carbons (Fsp3) is 1.00. The van der Waals surface area contributed by atoms with Crippen molar-refractivity contribution in [1.29, 1.82) is 0 Å². The molecule has 8 nitrogen and oxygen atoms in total. The molecule has 13 heavy (non-hydrogen) atoms. The Morgan fingerprint density at radius 1 is 1.15 bits per heavy atom. The van der Waals surface area contributed by atoms with Crippen LogP contribution in [0.4, 0.5) is 0 Å². The monoisotopic (exact) mass is 186 g/mol. The lowest BCUT2D eigenvalue weighted by Gasteiger charge is -2.22. The van der Waals surface area contributed by atoms with Crippen molar-refractivity contribution in [3.8, 4) is 0 Å². The quantitative estimate of drug-likeness (QED) is 0.358. The van der Waals surface area contributed by atoms with E-state index in [1.807, 2.05) is 0 Å². The standard InChI is InChI=1S/C5H10N6O2/c6-10-8-3-5(13,1-2-12)4-9-11-7/h12-13H,1-4H2. The van der Waals surface area contributed by atoms with E-state index in [0.29, 0.717) is 0 Å². The normalized spacial score (nSPS) is 13.7. The summed E-state index contributed by atoms with van der Waals surface area (Å²) in [6.45, 7) is -0.704. The number of aliphatic hydroxyl groups is 2. The highest BCUT2D eigenvalue weighted by Gasteiger charge is 2.24. The number of aliphatic hydroxyl groups excluding tert-OH is 1. The second kappa shape index (κ2) is 6.10. The molecule has 0 amide bonds. The maximum Gasteiger partial charge on any atom is 0.0782 e. The minimum atomic E-state index is -1.44. The summed E-state index contributed by atoms with van der Waals surface area (Å²) in [5, 5.41) is 24.5. The molecule has 0 atom stereocenters. The molecule has 0 fully saturated rings. The Morgan fingerprint density at radius 3 is 1.92 bits per heavy atom. The highest BCUT2D eigenvalue weighted by Crippen LogP contribution is 2.11. The van der Waals surface area contributed by atoms with Gasteiger partial charge in [-0.05, 0) is 17.5 Å². The lowest BCUT2D eigenvalue weighted by Crippen LogP contribution is -2.36. The van der Waals surface area contributed by atoms with Gasteiger partial charge >= 0.3 is 0 Å². The van der Waals surface area contributed by atoms with Crippen molar-refractivity contribution in [3.63, 3.8) is 0 Å². The summed E-state index contributed by atoms with van der Waals surface area (Å²) in [7, 11) is 0. The molecule has 2 N–H and O–H groups in total. The first-order valence-corrected chi connectivity index (χ1v) is 3.53. The van der Waals surface area contributed by atoms with Crippen molar-refractivity contribution >= 4 is 0 Å². The molecular formula is C5H10N6O2. The van der Waals surface area contributed by atoms with Gasteiger partial charge in [-0.2, -0.15) is 0 Å². The number of hydrogen-bond donors (Lipinski definition) is 2. The number of azide groups is 2. The van der Waals surface area contributed by atoms with Crippen molar-refractivity contribution < 1.29 is 10.2 Å². The van der Waals surface area contributed by atoms with Gasteiger partial charge in [0.25, 0.3) is 0 Å². The molecule has 0 unspecified atom stereocenters. The lowest BCUT2D eigenvalue weighted by molar-refractivity contribution is 0.0324. The largest absolute Gasteiger partial charge is 0.396 e. The van der Waals surface area contributed by atoms with E-state index < -0.39 is 5.60 Å². The molecule has 0 saturated heterocycles. The summed E-state index contributed by atoms with van der Waals surface area (Å²) in [5.74, 6) is 0. The minimum absolute atomic E-state index is 0.00500. The maximum absolute atomic E-state index is 9.58. The van der Waals surface area contributed by atoms with Gasteiger partial charge in [0, 0.05) is 16.4 Å². The molecule has 0 spiro atoms. The summed E-state index contributed by atoms with van der Waals surface area (Å²) in [6, 6.07) is 0. The highest BCUT2D eigenvalue weighted by atomic mass is 16.3. The molecule has 0 heterocycles. The molecule has 0 aromatic carbocycles. The summed E-state index contributed by atoms with van der Waals surface area (Å²) < 4.78 is 0. The van der Waals surface area contributed by atoms with Gasteiger partial charge in [-0.25, -0.2) is 0 Å². The van der Waals surface area contributed by atoms with Crippen molar-refractivity contribution in [2.24, 2.45) is 10.2 Å². The molecule has 0 aromatic heterocycles. The van der Waals surface area contributed by atoms with Crippen molar-refractivity contribution in [1.82, 2.24) is 0 Å². The van der Waals surface area contributed by atoms with Crippen LogP contribution in [-0.2, 0) is 0 Å². The first-order chi connectivity index (χ1) is 6.18. The Hall–Kier alpha value is -1.46. The molecule has 0 saturated carbocycles. The fourth-order valence-electron chi connectivity index (χ4n) is 0.743. The van der Waals surface area contributed by atoms with E-state index in [0.717, 1.165) is 0 Å². The van der Waals surface area contributed by atoms with E-state index in [1.54, 1.807) is 0 Å². The van der Waals surface area contributed by atoms with Crippen LogP contribution in [0.5, 0.6) is 0 Å². The predicted octanol–water partition coefficient (Wildman–Crippen LogP) is 0.720. The molecule has 0 radical (unpaired) electrons.